The number of rotatable bonds is 3. The second-order valence-corrected chi connectivity index (χ2v) is 6.16. The fourth-order valence-electron chi connectivity index (χ4n) is 3.16. The first-order valence-electron chi connectivity index (χ1n) is 7.24. The van der Waals surface area contributed by atoms with Gasteiger partial charge in [-0.05, 0) is 33.1 Å². The highest BCUT2D eigenvalue weighted by molar-refractivity contribution is 4.89. The fraction of sp³-hybridized carbons (Fsp3) is 1.00. The van der Waals surface area contributed by atoms with Gasteiger partial charge in [-0.25, -0.2) is 0 Å². The van der Waals surface area contributed by atoms with E-state index in [1.807, 2.05) is 0 Å². The van der Waals surface area contributed by atoms with Crippen LogP contribution in [0, 0.1) is 0 Å². The summed E-state index contributed by atoms with van der Waals surface area (Å²) in [5.74, 6) is 0. The van der Waals surface area contributed by atoms with Gasteiger partial charge < -0.3 is 10.5 Å². The van der Waals surface area contributed by atoms with Gasteiger partial charge in [-0.1, -0.05) is 19.3 Å². The Kier molecular flexibility index (Phi) is 4.45. The Morgan fingerprint density at radius 1 is 1.24 bits per heavy atom. The van der Waals surface area contributed by atoms with Crippen molar-refractivity contribution in [3.63, 3.8) is 0 Å². The number of hydrogen-bond acceptors (Lipinski definition) is 3. The highest BCUT2D eigenvalue weighted by atomic mass is 16.5. The third-order valence-electron chi connectivity index (χ3n) is 4.48. The van der Waals surface area contributed by atoms with Crippen molar-refractivity contribution in [1.29, 1.82) is 0 Å². The number of morpholine rings is 1. The molecule has 1 heterocycles. The molecule has 0 aromatic carbocycles. The molecule has 100 valence electrons. The first-order valence-corrected chi connectivity index (χ1v) is 7.24. The maximum atomic E-state index is 6.50. The molecule has 2 atom stereocenters. The quantitative estimate of drug-likeness (QED) is 0.821. The zero-order valence-electron chi connectivity index (χ0n) is 11.5. The maximum absolute atomic E-state index is 6.50. The zero-order chi connectivity index (χ0) is 12.3. The van der Waals surface area contributed by atoms with Crippen LogP contribution in [-0.4, -0.2) is 42.3 Å². The lowest BCUT2D eigenvalue weighted by molar-refractivity contribution is -0.0516. The van der Waals surface area contributed by atoms with Crippen molar-refractivity contribution in [3.05, 3.63) is 0 Å². The Bertz CT molecular complexity index is 238. The Balaban J connectivity index is 1.79. The van der Waals surface area contributed by atoms with Crippen molar-refractivity contribution in [2.45, 2.75) is 70.1 Å². The molecule has 0 radical (unpaired) electrons. The number of hydrogen-bond donors (Lipinski definition) is 1. The predicted octanol–water partition coefficient (Wildman–Crippen LogP) is 2.15. The molecule has 2 unspecified atom stereocenters. The highest BCUT2D eigenvalue weighted by Crippen LogP contribution is 2.29. The van der Waals surface area contributed by atoms with Gasteiger partial charge in [0.1, 0.15) is 0 Å². The molecule has 0 aromatic heterocycles. The molecule has 1 saturated heterocycles. The molecule has 0 aromatic rings. The predicted molar refractivity (Wildman–Crippen MR) is 71.1 cm³/mol. The van der Waals surface area contributed by atoms with Crippen LogP contribution in [0.4, 0.5) is 0 Å². The average Bonchev–Trinajstić information content (AvgIpc) is 2.31. The number of nitrogens with two attached hydrogens (primary N) is 1. The smallest absolute Gasteiger partial charge is 0.0674 e. The van der Waals surface area contributed by atoms with Gasteiger partial charge in [0.05, 0.1) is 12.7 Å². The van der Waals surface area contributed by atoms with Gasteiger partial charge in [0.25, 0.3) is 0 Å². The minimum atomic E-state index is 0.125. The van der Waals surface area contributed by atoms with Crippen molar-refractivity contribution < 1.29 is 4.74 Å². The Hall–Kier alpha value is -0.120. The lowest BCUT2D eigenvalue weighted by Crippen LogP contribution is -2.51. The summed E-state index contributed by atoms with van der Waals surface area (Å²) >= 11 is 0. The second-order valence-electron chi connectivity index (χ2n) is 6.16. The van der Waals surface area contributed by atoms with Crippen LogP contribution in [0.15, 0.2) is 0 Å². The van der Waals surface area contributed by atoms with Crippen LogP contribution in [0.25, 0.3) is 0 Å². The van der Waals surface area contributed by atoms with E-state index in [2.05, 4.69) is 18.7 Å². The summed E-state index contributed by atoms with van der Waals surface area (Å²) in [6.45, 7) is 7.51. The van der Waals surface area contributed by atoms with Crippen LogP contribution in [0.5, 0.6) is 0 Å². The molecule has 1 aliphatic heterocycles. The molecule has 2 fully saturated rings. The van der Waals surface area contributed by atoms with Gasteiger partial charge in [0, 0.05) is 24.7 Å². The molecule has 3 nitrogen and oxygen atoms in total. The molecule has 2 rings (SSSR count). The first-order chi connectivity index (χ1) is 8.09. The largest absolute Gasteiger partial charge is 0.376 e. The second kappa shape index (κ2) is 5.68. The van der Waals surface area contributed by atoms with E-state index in [-0.39, 0.29) is 5.54 Å². The van der Waals surface area contributed by atoms with Crippen molar-refractivity contribution in [1.82, 2.24) is 4.90 Å². The summed E-state index contributed by atoms with van der Waals surface area (Å²) < 4.78 is 5.66. The zero-order valence-corrected chi connectivity index (χ0v) is 11.5. The third-order valence-corrected chi connectivity index (χ3v) is 4.48. The first kappa shape index (κ1) is 13.3. The van der Waals surface area contributed by atoms with E-state index in [0.29, 0.717) is 12.1 Å². The van der Waals surface area contributed by atoms with Crippen LogP contribution in [0.3, 0.4) is 0 Å². The van der Waals surface area contributed by atoms with Gasteiger partial charge >= 0.3 is 0 Å². The Morgan fingerprint density at radius 2 is 1.94 bits per heavy atom. The van der Waals surface area contributed by atoms with Crippen LogP contribution in [-0.2, 0) is 4.74 Å². The van der Waals surface area contributed by atoms with Gasteiger partial charge in [-0.15, -0.1) is 0 Å². The van der Waals surface area contributed by atoms with E-state index in [1.165, 1.54) is 32.1 Å². The molecule has 2 N–H and O–H groups in total. The minimum Gasteiger partial charge on any atom is -0.376 e. The molecule has 1 saturated carbocycles. The summed E-state index contributed by atoms with van der Waals surface area (Å²) in [5.41, 5.74) is 6.62. The molecule has 0 amide bonds. The summed E-state index contributed by atoms with van der Waals surface area (Å²) in [6, 6.07) is 0.554. The monoisotopic (exact) mass is 240 g/mol. The van der Waals surface area contributed by atoms with E-state index < -0.39 is 0 Å². The van der Waals surface area contributed by atoms with Crippen molar-refractivity contribution in [2.24, 2.45) is 5.73 Å². The summed E-state index contributed by atoms with van der Waals surface area (Å²) in [4.78, 5) is 2.55. The molecule has 0 spiro atoms. The van der Waals surface area contributed by atoms with E-state index in [4.69, 9.17) is 10.5 Å². The van der Waals surface area contributed by atoms with Crippen LogP contribution in [0.2, 0.25) is 0 Å². The molecule has 17 heavy (non-hydrogen) atoms. The number of nitrogens with zero attached hydrogens (tertiary/aromatic N) is 1. The van der Waals surface area contributed by atoms with Crippen molar-refractivity contribution in [3.8, 4) is 0 Å². The van der Waals surface area contributed by atoms with Gasteiger partial charge in [0.2, 0.25) is 0 Å². The van der Waals surface area contributed by atoms with Crippen molar-refractivity contribution >= 4 is 0 Å². The minimum absolute atomic E-state index is 0.125. The molecule has 1 aliphatic carbocycles. The highest BCUT2D eigenvalue weighted by Gasteiger charge is 2.30. The third kappa shape index (κ3) is 3.67. The van der Waals surface area contributed by atoms with E-state index >= 15 is 0 Å². The Labute approximate surface area is 106 Å². The molecular formula is C14H28N2O. The Morgan fingerprint density at radius 3 is 2.65 bits per heavy atom. The standard InChI is InChI=1S/C14H28N2O/c1-12-11-17-13(2)10-16(12)9-8-14(15)6-4-3-5-7-14/h12-13H,3-11,15H2,1-2H3. The van der Waals surface area contributed by atoms with Gasteiger partial charge in [0.15, 0.2) is 0 Å². The van der Waals surface area contributed by atoms with Gasteiger partial charge in [-0.2, -0.15) is 0 Å². The van der Waals surface area contributed by atoms with Crippen molar-refractivity contribution in [2.75, 3.05) is 19.7 Å². The maximum Gasteiger partial charge on any atom is 0.0674 e. The normalized spacial score (nSPS) is 34.8. The van der Waals surface area contributed by atoms with E-state index in [1.54, 1.807) is 0 Å². The summed E-state index contributed by atoms with van der Waals surface area (Å²) in [6.07, 6.45) is 8.01. The van der Waals surface area contributed by atoms with Gasteiger partial charge in [-0.3, -0.25) is 4.90 Å². The van der Waals surface area contributed by atoms with E-state index in [9.17, 15) is 0 Å². The lowest BCUT2D eigenvalue weighted by Gasteiger charge is -2.40. The summed E-state index contributed by atoms with van der Waals surface area (Å²) in [5, 5.41) is 0. The molecule has 3 heteroatoms. The topological polar surface area (TPSA) is 38.5 Å². The fourth-order valence-corrected chi connectivity index (χ4v) is 3.16. The summed E-state index contributed by atoms with van der Waals surface area (Å²) in [7, 11) is 0. The van der Waals surface area contributed by atoms with Crippen LogP contribution < -0.4 is 5.73 Å². The lowest BCUT2D eigenvalue weighted by atomic mass is 9.80. The molecule has 2 aliphatic rings. The molecule has 0 bridgehead atoms. The SMILES string of the molecule is CC1CN(CCC2(N)CCCCC2)C(C)CO1. The molecular weight excluding hydrogens is 212 g/mol. The number of ether oxygens (including phenoxy) is 1. The van der Waals surface area contributed by atoms with Crippen LogP contribution >= 0.6 is 0 Å². The van der Waals surface area contributed by atoms with E-state index in [0.717, 1.165) is 26.1 Å². The van der Waals surface area contributed by atoms with Crippen LogP contribution in [0.1, 0.15) is 52.4 Å². The average molecular weight is 240 g/mol.